The fourth-order valence-corrected chi connectivity index (χ4v) is 3.26. The minimum Gasteiger partial charge on any atom is -0.490 e. The second-order valence-corrected chi connectivity index (χ2v) is 5.48. The van der Waals surface area contributed by atoms with E-state index in [1.165, 1.54) is 0 Å². The Bertz CT molecular complexity index is 480. The van der Waals surface area contributed by atoms with E-state index < -0.39 is 12.0 Å². The number of carboxylic acids is 1. The SMILES string of the molecule is CCOc1ccc([C@@H]2N[C@@H](C(=O)O)CS2)cc1OCC. The summed E-state index contributed by atoms with van der Waals surface area (Å²) < 4.78 is 11.1. The quantitative estimate of drug-likeness (QED) is 0.839. The lowest BCUT2D eigenvalue weighted by atomic mass is 10.2. The van der Waals surface area contributed by atoms with Crippen LogP contribution in [-0.2, 0) is 4.79 Å². The van der Waals surface area contributed by atoms with Gasteiger partial charge >= 0.3 is 5.97 Å². The lowest BCUT2D eigenvalue weighted by molar-refractivity contribution is -0.138. The van der Waals surface area contributed by atoms with E-state index in [2.05, 4.69) is 5.32 Å². The van der Waals surface area contributed by atoms with E-state index in [9.17, 15) is 4.79 Å². The predicted molar refractivity (Wildman–Crippen MR) is 78.5 cm³/mol. The van der Waals surface area contributed by atoms with E-state index in [1.54, 1.807) is 11.8 Å². The fourth-order valence-electron chi connectivity index (χ4n) is 2.04. The predicted octanol–water partition coefficient (Wildman–Crippen LogP) is 2.27. The van der Waals surface area contributed by atoms with E-state index in [1.807, 2.05) is 32.0 Å². The van der Waals surface area contributed by atoms with Crippen molar-refractivity contribution >= 4 is 17.7 Å². The van der Waals surface area contributed by atoms with Crippen molar-refractivity contribution < 1.29 is 19.4 Å². The van der Waals surface area contributed by atoms with Gasteiger partial charge in [0, 0.05) is 5.75 Å². The van der Waals surface area contributed by atoms with Crippen molar-refractivity contribution in [3.63, 3.8) is 0 Å². The van der Waals surface area contributed by atoms with Gasteiger partial charge in [-0.25, -0.2) is 0 Å². The van der Waals surface area contributed by atoms with Gasteiger partial charge in [0.2, 0.25) is 0 Å². The van der Waals surface area contributed by atoms with Crippen LogP contribution in [-0.4, -0.2) is 36.1 Å². The number of nitrogens with one attached hydrogen (secondary N) is 1. The molecule has 1 saturated heterocycles. The van der Waals surface area contributed by atoms with Crippen LogP contribution < -0.4 is 14.8 Å². The lowest BCUT2D eigenvalue weighted by Crippen LogP contribution is -2.33. The van der Waals surface area contributed by atoms with Crippen molar-refractivity contribution in [2.45, 2.75) is 25.3 Å². The largest absolute Gasteiger partial charge is 0.490 e. The van der Waals surface area contributed by atoms with Gasteiger partial charge in [-0.2, -0.15) is 0 Å². The molecule has 0 unspecified atom stereocenters. The monoisotopic (exact) mass is 297 g/mol. The van der Waals surface area contributed by atoms with E-state index in [4.69, 9.17) is 14.6 Å². The minimum atomic E-state index is -0.809. The van der Waals surface area contributed by atoms with E-state index in [0.717, 1.165) is 11.3 Å². The average molecular weight is 297 g/mol. The molecule has 1 fully saturated rings. The first-order valence-electron chi connectivity index (χ1n) is 6.65. The van der Waals surface area contributed by atoms with Crippen molar-refractivity contribution in [3.05, 3.63) is 23.8 Å². The van der Waals surface area contributed by atoms with Gasteiger partial charge < -0.3 is 14.6 Å². The summed E-state index contributed by atoms with van der Waals surface area (Å²) in [5.41, 5.74) is 1.01. The molecule has 2 rings (SSSR count). The normalized spacial score (nSPS) is 21.7. The summed E-state index contributed by atoms with van der Waals surface area (Å²) in [5.74, 6) is 1.18. The zero-order valence-electron chi connectivity index (χ0n) is 11.6. The summed E-state index contributed by atoms with van der Waals surface area (Å²) in [6, 6.07) is 5.25. The molecule has 0 amide bonds. The van der Waals surface area contributed by atoms with Crippen LogP contribution in [0.5, 0.6) is 11.5 Å². The van der Waals surface area contributed by atoms with Gasteiger partial charge in [-0.05, 0) is 31.5 Å². The van der Waals surface area contributed by atoms with Crippen molar-refractivity contribution in [3.8, 4) is 11.5 Å². The molecule has 110 valence electrons. The Balaban J connectivity index is 2.16. The van der Waals surface area contributed by atoms with Gasteiger partial charge in [0.25, 0.3) is 0 Å². The molecule has 6 heteroatoms. The average Bonchev–Trinajstić information content (AvgIpc) is 2.91. The topological polar surface area (TPSA) is 67.8 Å². The molecular formula is C14H19NO4S. The second-order valence-electron chi connectivity index (χ2n) is 4.34. The van der Waals surface area contributed by atoms with E-state index in [-0.39, 0.29) is 5.37 Å². The van der Waals surface area contributed by atoms with Gasteiger partial charge in [0.15, 0.2) is 11.5 Å². The van der Waals surface area contributed by atoms with Crippen LogP contribution >= 0.6 is 11.8 Å². The number of ether oxygens (including phenoxy) is 2. The van der Waals surface area contributed by atoms with Crippen molar-refractivity contribution in [2.24, 2.45) is 0 Å². The molecule has 5 nitrogen and oxygen atoms in total. The van der Waals surface area contributed by atoms with Gasteiger partial charge in [0.05, 0.1) is 18.6 Å². The summed E-state index contributed by atoms with van der Waals surface area (Å²) in [5, 5.41) is 12.1. The Hall–Kier alpha value is -1.40. The molecule has 2 atom stereocenters. The van der Waals surface area contributed by atoms with E-state index in [0.29, 0.717) is 24.7 Å². The first kappa shape index (κ1) is 15.0. The number of thioether (sulfide) groups is 1. The molecule has 1 aromatic rings. The third-order valence-corrected chi connectivity index (χ3v) is 4.22. The maximum absolute atomic E-state index is 11.0. The zero-order valence-corrected chi connectivity index (χ0v) is 12.4. The molecule has 0 saturated carbocycles. The molecule has 0 radical (unpaired) electrons. The number of carbonyl (C=O) groups is 1. The summed E-state index contributed by atoms with van der Waals surface area (Å²) >= 11 is 1.59. The Morgan fingerprint density at radius 2 is 2.05 bits per heavy atom. The molecule has 0 aromatic heterocycles. The summed E-state index contributed by atoms with van der Waals surface area (Å²) in [7, 11) is 0. The standard InChI is InChI=1S/C14H19NO4S/c1-3-18-11-6-5-9(7-12(11)19-4-2)13-15-10(8-20-13)14(16)17/h5-7,10,13,15H,3-4,8H2,1-2H3,(H,16,17)/t10-,13-/m1/s1. The first-order chi connectivity index (χ1) is 9.65. The van der Waals surface area contributed by atoms with Crippen LogP contribution in [0.1, 0.15) is 24.8 Å². The van der Waals surface area contributed by atoms with E-state index >= 15 is 0 Å². The summed E-state index contributed by atoms with van der Waals surface area (Å²) in [6.07, 6.45) is 0. The molecular weight excluding hydrogens is 278 g/mol. The van der Waals surface area contributed by atoms with Gasteiger partial charge in [-0.15, -0.1) is 11.8 Å². The molecule has 20 heavy (non-hydrogen) atoms. The minimum absolute atomic E-state index is 0.0222. The van der Waals surface area contributed by atoms with Crippen LogP contribution in [0.25, 0.3) is 0 Å². The number of hydrogen-bond donors (Lipinski definition) is 2. The third kappa shape index (κ3) is 3.37. The molecule has 2 N–H and O–H groups in total. The number of aliphatic carboxylic acids is 1. The number of benzene rings is 1. The Morgan fingerprint density at radius 1 is 1.35 bits per heavy atom. The highest BCUT2D eigenvalue weighted by molar-refractivity contribution is 7.99. The summed E-state index contributed by atoms with van der Waals surface area (Å²) in [4.78, 5) is 11.0. The molecule has 0 bridgehead atoms. The van der Waals surface area contributed by atoms with Gasteiger partial charge in [-0.3, -0.25) is 10.1 Å². The molecule has 1 aromatic carbocycles. The highest BCUT2D eigenvalue weighted by Crippen LogP contribution is 2.37. The molecule has 1 heterocycles. The highest BCUT2D eigenvalue weighted by atomic mass is 32.2. The van der Waals surface area contributed by atoms with Crippen LogP contribution in [0.3, 0.4) is 0 Å². The Morgan fingerprint density at radius 3 is 2.65 bits per heavy atom. The molecule has 0 aliphatic carbocycles. The highest BCUT2D eigenvalue weighted by Gasteiger charge is 2.30. The first-order valence-corrected chi connectivity index (χ1v) is 7.70. The molecule has 0 spiro atoms. The maximum atomic E-state index is 11.0. The molecule has 1 aliphatic heterocycles. The smallest absolute Gasteiger partial charge is 0.321 e. The van der Waals surface area contributed by atoms with Gasteiger partial charge in [0.1, 0.15) is 6.04 Å². The van der Waals surface area contributed by atoms with Crippen LogP contribution in [0.15, 0.2) is 18.2 Å². The number of carboxylic acid groups (broad SMARTS) is 1. The van der Waals surface area contributed by atoms with Crippen molar-refractivity contribution in [1.29, 1.82) is 0 Å². The van der Waals surface area contributed by atoms with Gasteiger partial charge in [-0.1, -0.05) is 6.07 Å². The van der Waals surface area contributed by atoms with Crippen LogP contribution in [0, 0.1) is 0 Å². The van der Waals surface area contributed by atoms with Crippen molar-refractivity contribution in [1.82, 2.24) is 5.32 Å². The third-order valence-electron chi connectivity index (χ3n) is 2.95. The summed E-state index contributed by atoms with van der Waals surface area (Å²) in [6.45, 7) is 4.99. The maximum Gasteiger partial charge on any atom is 0.321 e. The van der Waals surface area contributed by atoms with Crippen LogP contribution in [0.2, 0.25) is 0 Å². The molecule has 1 aliphatic rings. The number of hydrogen-bond acceptors (Lipinski definition) is 5. The lowest BCUT2D eigenvalue weighted by Gasteiger charge is -2.16. The fraction of sp³-hybridized carbons (Fsp3) is 0.500. The zero-order chi connectivity index (χ0) is 14.5. The Labute approximate surface area is 122 Å². The Kier molecular flexibility index (Phi) is 5.14. The van der Waals surface area contributed by atoms with Crippen molar-refractivity contribution in [2.75, 3.05) is 19.0 Å². The van der Waals surface area contributed by atoms with Crippen LogP contribution in [0.4, 0.5) is 0 Å². The number of rotatable bonds is 6. The second kappa shape index (κ2) is 6.85.